The van der Waals surface area contributed by atoms with Crippen LogP contribution < -0.4 is 0 Å². The van der Waals surface area contributed by atoms with Crippen molar-refractivity contribution in [2.45, 2.75) is 33.1 Å². The van der Waals surface area contributed by atoms with Crippen LogP contribution in [0, 0.1) is 22.7 Å². The van der Waals surface area contributed by atoms with Crippen LogP contribution in [0.5, 0.6) is 0 Å². The molecule has 3 heteroatoms. The Bertz CT molecular complexity index is 247. The highest BCUT2D eigenvalue weighted by molar-refractivity contribution is 5.53. The lowest BCUT2D eigenvalue weighted by atomic mass is 9.90. The van der Waals surface area contributed by atoms with Gasteiger partial charge in [-0.1, -0.05) is 0 Å². The molecule has 1 aliphatic rings. The lowest BCUT2D eigenvalue weighted by Crippen LogP contribution is -2.36. The fourth-order valence-corrected chi connectivity index (χ4v) is 1.81. The number of nitriles is 1. The molecule has 0 atom stereocenters. The van der Waals surface area contributed by atoms with Crippen LogP contribution in [0.1, 0.15) is 33.1 Å². The Morgan fingerprint density at radius 1 is 1.47 bits per heavy atom. The summed E-state index contributed by atoms with van der Waals surface area (Å²) in [5, 5.41) is 8.89. The smallest absolute Gasteiger partial charge is 0.123 e. The van der Waals surface area contributed by atoms with Crippen molar-refractivity contribution >= 4 is 6.29 Å². The third-order valence-corrected chi connectivity index (χ3v) is 3.18. The van der Waals surface area contributed by atoms with Crippen LogP contribution in [0.15, 0.2) is 0 Å². The summed E-state index contributed by atoms with van der Waals surface area (Å²) in [5.41, 5.74) is -0.221. The van der Waals surface area contributed by atoms with E-state index >= 15 is 0 Å². The van der Waals surface area contributed by atoms with Crippen LogP contribution in [0.4, 0.5) is 0 Å². The number of hydrogen-bond donors (Lipinski definition) is 0. The molecule has 0 spiro atoms. The zero-order valence-electron chi connectivity index (χ0n) is 9.70. The van der Waals surface area contributed by atoms with Crippen molar-refractivity contribution in [3.63, 3.8) is 0 Å². The average Bonchev–Trinajstić information content (AvgIpc) is 2.27. The summed E-state index contributed by atoms with van der Waals surface area (Å²) < 4.78 is 0. The van der Waals surface area contributed by atoms with Crippen molar-refractivity contribution in [2.24, 2.45) is 11.3 Å². The summed E-state index contributed by atoms with van der Waals surface area (Å²) in [6.45, 7) is 6.94. The van der Waals surface area contributed by atoms with Gasteiger partial charge in [0, 0.05) is 5.92 Å². The summed E-state index contributed by atoms with van der Waals surface area (Å²) in [6.07, 6.45) is 3.96. The van der Waals surface area contributed by atoms with E-state index in [1.165, 1.54) is 0 Å². The van der Waals surface area contributed by atoms with E-state index in [4.69, 9.17) is 5.26 Å². The molecule has 0 N–H and O–H groups in total. The maximum Gasteiger partial charge on any atom is 0.123 e. The fraction of sp³-hybridized carbons (Fsp3) is 0.833. The molecule has 0 amide bonds. The maximum atomic E-state index is 10.6. The Morgan fingerprint density at radius 2 is 2.07 bits per heavy atom. The first kappa shape index (κ1) is 12.2. The Hall–Kier alpha value is -0.880. The molecular formula is C12H20N2O. The number of carbonyl (C=O) groups excluding carboxylic acids is 1. The number of likely N-dealkylation sites (tertiary alicyclic amines) is 1. The van der Waals surface area contributed by atoms with Gasteiger partial charge >= 0.3 is 0 Å². The molecule has 0 aromatic carbocycles. The number of carbonyl (C=O) groups is 1. The second-order valence-corrected chi connectivity index (χ2v) is 5.06. The molecule has 15 heavy (non-hydrogen) atoms. The molecule has 0 unspecified atom stereocenters. The third-order valence-electron chi connectivity index (χ3n) is 3.18. The maximum absolute atomic E-state index is 10.6. The van der Waals surface area contributed by atoms with E-state index in [0.29, 0.717) is 0 Å². The van der Waals surface area contributed by atoms with Gasteiger partial charge in [-0.05, 0) is 52.7 Å². The molecule has 0 aromatic heterocycles. The lowest BCUT2D eigenvalue weighted by molar-refractivity contribution is -0.112. The quantitative estimate of drug-likeness (QED) is 0.662. The predicted octanol–water partition coefficient (Wildman–Crippen LogP) is 1.84. The summed E-state index contributed by atoms with van der Waals surface area (Å²) in [7, 11) is 0. The average molecular weight is 208 g/mol. The molecule has 0 aliphatic carbocycles. The topological polar surface area (TPSA) is 44.1 Å². The van der Waals surface area contributed by atoms with Gasteiger partial charge in [-0.15, -0.1) is 0 Å². The van der Waals surface area contributed by atoms with Crippen molar-refractivity contribution in [1.82, 2.24) is 4.90 Å². The number of aldehydes is 1. The lowest BCUT2D eigenvalue weighted by Gasteiger charge is -2.31. The van der Waals surface area contributed by atoms with Gasteiger partial charge in [-0.2, -0.15) is 5.26 Å². The summed E-state index contributed by atoms with van der Waals surface area (Å²) >= 11 is 0. The van der Waals surface area contributed by atoms with Crippen molar-refractivity contribution in [1.29, 1.82) is 5.26 Å². The summed E-state index contributed by atoms with van der Waals surface area (Å²) in [6, 6.07) is 2.32. The van der Waals surface area contributed by atoms with E-state index in [1.54, 1.807) is 0 Å². The van der Waals surface area contributed by atoms with Crippen molar-refractivity contribution in [3.05, 3.63) is 0 Å². The SMILES string of the molecule is CC(C)(C#N)CCN1CCC(C=O)CC1. The minimum Gasteiger partial charge on any atom is -0.303 e. The Morgan fingerprint density at radius 3 is 2.53 bits per heavy atom. The molecule has 1 rings (SSSR count). The van der Waals surface area contributed by atoms with Gasteiger partial charge in [0.05, 0.1) is 11.5 Å². The van der Waals surface area contributed by atoms with Crippen LogP contribution in [-0.4, -0.2) is 30.8 Å². The number of piperidine rings is 1. The Kier molecular flexibility index (Phi) is 4.28. The zero-order chi connectivity index (χ0) is 11.3. The van der Waals surface area contributed by atoms with E-state index in [1.807, 2.05) is 13.8 Å². The number of nitrogens with zero attached hydrogens (tertiary/aromatic N) is 2. The van der Waals surface area contributed by atoms with Crippen LogP contribution in [0.3, 0.4) is 0 Å². The van der Waals surface area contributed by atoms with Crippen LogP contribution >= 0.6 is 0 Å². The molecule has 1 fully saturated rings. The highest BCUT2D eigenvalue weighted by Crippen LogP contribution is 2.21. The van der Waals surface area contributed by atoms with E-state index in [9.17, 15) is 4.79 Å². The fourth-order valence-electron chi connectivity index (χ4n) is 1.81. The Labute approximate surface area is 92.1 Å². The van der Waals surface area contributed by atoms with Crippen LogP contribution in [0.2, 0.25) is 0 Å². The van der Waals surface area contributed by atoms with Gasteiger partial charge in [-0.25, -0.2) is 0 Å². The first-order valence-electron chi connectivity index (χ1n) is 5.66. The molecule has 0 radical (unpaired) electrons. The zero-order valence-corrected chi connectivity index (χ0v) is 9.70. The molecular weight excluding hydrogens is 188 g/mol. The monoisotopic (exact) mass is 208 g/mol. The van der Waals surface area contributed by atoms with Gasteiger partial charge < -0.3 is 9.69 Å². The van der Waals surface area contributed by atoms with Gasteiger partial charge in [0.15, 0.2) is 0 Å². The molecule has 1 heterocycles. The minimum atomic E-state index is -0.221. The second-order valence-electron chi connectivity index (χ2n) is 5.06. The Balaban J connectivity index is 2.25. The van der Waals surface area contributed by atoms with Crippen molar-refractivity contribution < 1.29 is 4.79 Å². The van der Waals surface area contributed by atoms with E-state index < -0.39 is 0 Å². The van der Waals surface area contributed by atoms with E-state index in [0.717, 1.165) is 45.2 Å². The highest BCUT2D eigenvalue weighted by atomic mass is 16.1. The van der Waals surface area contributed by atoms with E-state index in [2.05, 4.69) is 11.0 Å². The van der Waals surface area contributed by atoms with Gasteiger partial charge in [0.25, 0.3) is 0 Å². The predicted molar refractivity (Wildman–Crippen MR) is 59.2 cm³/mol. The van der Waals surface area contributed by atoms with Crippen LogP contribution in [-0.2, 0) is 4.79 Å². The molecule has 1 saturated heterocycles. The summed E-state index contributed by atoms with van der Waals surface area (Å²) in [5.74, 6) is 0.269. The molecule has 1 aliphatic heterocycles. The van der Waals surface area contributed by atoms with Crippen molar-refractivity contribution in [2.75, 3.05) is 19.6 Å². The summed E-state index contributed by atoms with van der Waals surface area (Å²) in [4.78, 5) is 12.9. The molecule has 0 bridgehead atoms. The van der Waals surface area contributed by atoms with Gasteiger partial charge in [-0.3, -0.25) is 0 Å². The van der Waals surface area contributed by atoms with E-state index in [-0.39, 0.29) is 11.3 Å². The van der Waals surface area contributed by atoms with Crippen LogP contribution in [0.25, 0.3) is 0 Å². The first-order chi connectivity index (χ1) is 7.07. The number of hydrogen-bond acceptors (Lipinski definition) is 3. The first-order valence-corrected chi connectivity index (χ1v) is 5.66. The number of rotatable bonds is 4. The normalized spacial score (nSPS) is 19.8. The molecule has 0 saturated carbocycles. The standard InChI is InChI=1S/C12H20N2O/c1-12(2,10-13)5-8-14-6-3-11(9-15)4-7-14/h9,11H,3-8H2,1-2H3. The van der Waals surface area contributed by atoms with Gasteiger partial charge in [0.1, 0.15) is 6.29 Å². The minimum absolute atomic E-state index is 0.221. The highest BCUT2D eigenvalue weighted by Gasteiger charge is 2.22. The van der Waals surface area contributed by atoms with Crippen molar-refractivity contribution in [3.8, 4) is 6.07 Å². The molecule has 3 nitrogen and oxygen atoms in total. The largest absolute Gasteiger partial charge is 0.303 e. The van der Waals surface area contributed by atoms with Gasteiger partial charge in [0.2, 0.25) is 0 Å². The third kappa shape index (κ3) is 4.01. The molecule has 84 valence electrons. The second kappa shape index (κ2) is 5.27. The molecule has 0 aromatic rings.